The largest absolute Gasteiger partial charge is 0.399 e. The highest BCUT2D eigenvalue weighted by Gasteiger charge is 2.08. The molecule has 0 aromatic heterocycles. The number of hydrogen-bond acceptors (Lipinski definition) is 3. The van der Waals surface area contributed by atoms with Gasteiger partial charge in [0.25, 0.3) is 0 Å². The van der Waals surface area contributed by atoms with E-state index in [1.54, 1.807) is 12.1 Å². The van der Waals surface area contributed by atoms with Gasteiger partial charge in [-0.1, -0.05) is 22.0 Å². The molecule has 0 amide bonds. The molecule has 3 nitrogen and oxygen atoms in total. The Morgan fingerprint density at radius 2 is 2.23 bits per heavy atom. The SMILES string of the molecule is N#CCC(N)c1ccc(N)cc1Br. The summed E-state index contributed by atoms with van der Waals surface area (Å²) in [6.07, 6.45) is 0.308. The molecule has 0 fully saturated rings. The molecule has 13 heavy (non-hydrogen) atoms. The second-order valence-electron chi connectivity index (χ2n) is 2.75. The third-order valence-electron chi connectivity index (χ3n) is 1.74. The van der Waals surface area contributed by atoms with E-state index < -0.39 is 0 Å². The van der Waals surface area contributed by atoms with E-state index in [2.05, 4.69) is 15.9 Å². The van der Waals surface area contributed by atoms with Crippen LogP contribution in [0.15, 0.2) is 22.7 Å². The Labute approximate surface area is 85.5 Å². The number of nitrogens with zero attached hydrogens (tertiary/aromatic N) is 1. The van der Waals surface area contributed by atoms with Crippen LogP contribution in [-0.2, 0) is 0 Å². The van der Waals surface area contributed by atoms with Crippen LogP contribution in [0.5, 0.6) is 0 Å². The van der Waals surface area contributed by atoms with Crippen molar-refractivity contribution in [2.24, 2.45) is 5.73 Å². The van der Waals surface area contributed by atoms with Gasteiger partial charge >= 0.3 is 0 Å². The van der Waals surface area contributed by atoms with Gasteiger partial charge in [0.2, 0.25) is 0 Å². The van der Waals surface area contributed by atoms with Crippen molar-refractivity contribution in [3.05, 3.63) is 28.2 Å². The fraction of sp³-hybridized carbons (Fsp3) is 0.222. The molecule has 68 valence electrons. The number of nitriles is 1. The molecule has 4 heteroatoms. The number of benzene rings is 1. The molecule has 0 spiro atoms. The molecule has 0 bridgehead atoms. The molecule has 0 aliphatic heterocycles. The van der Waals surface area contributed by atoms with Crippen LogP contribution in [0.25, 0.3) is 0 Å². The lowest BCUT2D eigenvalue weighted by molar-refractivity contribution is 0.745. The van der Waals surface area contributed by atoms with E-state index in [1.165, 1.54) is 0 Å². The van der Waals surface area contributed by atoms with Crippen LogP contribution in [0.2, 0.25) is 0 Å². The van der Waals surface area contributed by atoms with Crippen molar-refractivity contribution in [1.82, 2.24) is 0 Å². The lowest BCUT2D eigenvalue weighted by atomic mass is 10.1. The van der Waals surface area contributed by atoms with Crippen LogP contribution in [0.4, 0.5) is 5.69 Å². The molecular weight excluding hydrogens is 230 g/mol. The summed E-state index contributed by atoms with van der Waals surface area (Å²) in [6.45, 7) is 0. The van der Waals surface area contributed by atoms with E-state index in [0.717, 1.165) is 10.0 Å². The van der Waals surface area contributed by atoms with Gasteiger partial charge in [0.05, 0.1) is 12.5 Å². The lowest BCUT2D eigenvalue weighted by Gasteiger charge is -2.10. The van der Waals surface area contributed by atoms with Crippen LogP contribution in [0, 0.1) is 11.3 Å². The first-order valence-electron chi connectivity index (χ1n) is 3.82. The van der Waals surface area contributed by atoms with Gasteiger partial charge < -0.3 is 11.5 Å². The summed E-state index contributed by atoms with van der Waals surface area (Å²) in [5.74, 6) is 0. The number of nitrogens with two attached hydrogens (primary N) is 2. The van der Waals surface area contributed by atoms with Crippen molar-refractivity contribution in [2.45, 2.75) is 12.5 Å². The number of rotatable bonds is 2. The monoisotopic (exact) mass is 239 g/mol. The molecular formula is C9H10BrN3. The fourth-order valence-electron chi connectivity index (χ4n) is 1.05. The minimum absolute atomic E-state index is 0.250. The zero-order chi connectivity index (χ0) is 9.84. The predicted octanol–water partition coefficient (Wildman–Crippen LogP) is 1.94. The zero-order valence-corrected chi connectivity index (χ0v) is 8.58. The first-order chi connectivity index (χ1) is 6.15. The quantitative estimate of drug-likeness (QED) is 0.775. The fourth-order valence-corrected chi connectivity index (χ4v) is 1.74. The average molecular weight is 240 g/mol. The van der Waals surface area contributed by atoms with E-state index in [-0.39, 0.29) is 6.04 Å². The molecule has 0 aliphatic carbocycles. The van der Waals surface area contributed by atoms with Gasteiger partial charge in [0, 0.05) is 16.2 Å². The minimum atomic E-state index is -0.250. The van der Waals surface area contributed by atoms with Gasteiger partial charge in [0.1, 0.15) is 0 Å². The molecule has 0 radical (unpaired) electrons. The number of hydrogen-bond donors (Lipinski definition) is 2. The van der Waals surface area contributed by atoms with Gasteiger partial charge in [-0.3, -0.25) is 0 Å². The number of nitrogen functional groups attached to an aromatic ring is 1. The molecule has 0 saturated carbocycles. The van der Waals surface area contributed by atoms with Gasteiger partial charge in [-0.15, -0.1) is 0 Å². The lowest BCUT2D eigenvalue weighted by Crippen LogP contribution is -2.10. The van der Waals surface area contributed by atoms with Crippen molar-refractivity contribution in [2.75, 3.05) is 5.73 Å². The Hall–Kier alpha value is -1.05. The second kappa shape index (κ2) is 4.26. The predicted molar refractivity (Wildman–Crippen MR) is 55.7 cm³/mol. The first-order valence-corrected chi connectivity index (χ1v) is 4.62. The highest BCUT2D eigenvalue weighted by molar-refractivity contribution is 9.10. The Balaban J connectivity index is 2.96. The third-order valence-corrected chi connectivity index (χ3v) is 2.42. The van der Waals surface area contributed by atoms with Gasteiger partial charge in [-0.05, 0) is 17.7 Å². The molecule has 0 aliphatic rings. The highest BCUT2D eigenvalue weighted by atomic mass is 79.9. The molecule has 0 saturated heterocycles. The Bertz CT molecular complexity index is 343. The molecule has 1 unspecified atom stereocenters. The summed E-state index contributed by atoms with van der Waals surface area (Å²) in [6, 6.07) is 7.17. The zero-order valence-electron chi connectivity index (χ0n) is 7.00. The maximum absolute atomic E-state index is 8.47. The minimum Gasteiger partial charge on any atom is -0.399 e. The summed E-state index contributed by atoms with van der Waals surface area (Å²) < 4.78 is 0.857. The van der Waals surface area contributed by atoms with Crippen molar-refractivity contribution < 1.29 is 0 Å². The van der Waals surface area contributed by atoms with E-state index in [1.807, 2.05) is 12.1 Å². The maximum atomic E-state index is 8.47. The van der Waals surface area contributed by atoms with Crippen LogP contribution < -0.4 is 11.5 Å². The first kappa shape index (κ1) is 10.0. The van der Waals surface area contributed by atoms with E-state index in [9.17, 15) is 0 Å². The molecule has 0 heterocycles. The van der Waals surface area contributed by atoms with Crippen LogP contribution >= 0.6 is 15.9 Å². The highest BCUT2D eigenvalue weighted by Crippen LogP contribution is 2.25. The molecule has 1 aromatic rings. The Morgan fingerprint density at radius 1 is 1.54 bits per heavy atom. The van der Waals surface area contributed by atoms with E-state index in [4.69, 9.17) is 16.7 Å². The van der Waals surface area contributed by atoms with Crippen LogP contribution in [0.1, 0.15) is 18.0 Å². The van der Waals surface area contributed by atoms with Gasteiger partial charge in [-0.2, -0.15) is 5.26 Å². The standard InChI is InChI=1S/C9H10BrN3/c10-8-5-6(12)1-2-7(8)9(13)3-4-11/h1-2,5,9H,3,12-13H2. The average Bonchev–Trinajstić information content (AvgIpc) is 2.04. The van der Waals surface area contributed by atoms with E-state index in [0.29, 0.717) is 12.1 Å². The van der Waals surface area contributed by atoms with Crippen molar-refractivity contribution in [3.8, 4) is 6.07 Å². The summed E-state index contributed by atoms with van der Waals surface area (Å²) in [5, 5.41) is 8.47. The Morgan fingerprint density at radius 3 is 2.77 bits per heavy atom. The summed E-state index contributed by atoms with van der Waals surface area (Å²) in [5.41, 5.74) is 12.9. The number of halogens is 1. The third kappa shape index (κ3) is 2.44. The van der Waals surface area contributed by atoms with Crippen molar-refractivity contribution in [3.63, 3.8) is 0 Å². The summed E-state index contributed by atoms with van der Waals surface area (Å²) >= 11 is 3.35. The summed E-state index contributed by atoms with van der Waals surface area (Å²) in [7, 11) is 0. The van der Waals surface area contributed by atoms with Crippen molar-refractivity contribution >= 4 is 21.6 Å². The van der Waals surface area contributed by atoms with Crippen molar-refractivity contribution in [1.29, 1.82) is 5.26 Å². The second-order valence-corrected chi connectivity index (χ2v) is 3.60. The normalized spacial score (nSPS) is 12.1. The number of anilines is 1. The van der Waals surface area contributed by atoms with Gasteiger partial charge in [-0.25, -0.2) is 0 Å². The molecule has 4 N–H and O–H groups in total. The molecule has 1 aromatic carbocycles. The van der Waals surface area contributed by atoms with Crippen LogP contribution in [-0.4, -0.2) is 0 Å². The topological polar surface area (TPSA) is 75.8 Å². The van der Waals surface area contributed by atoms with E-state index >= 15 is 0 Å². The summed E-state index contributed by atoms with van der Waals surface area (Å²) in [4.78, 5) is 0. The maximum Gasteiger partial charge on any atom is 0.0641 e. The van der Waals surface area contributed by atoms with Gasteiger partial charge in [0.15, 0.2) is 0 Å². The Kier molecular flexibility index (Phi) is 3.29. The smallest absolute Gasteiger partial charge is 0.0641 e. The molecule has 1 atom stereocenters. The molecule has 1 rings (SSSR count). The van der Waals surface area contributed by atoms with Crippen LogP contribution in [0.3, 0.4) is 0 Å².